The molecule has 31 heavy (non-hydrogen) atoms. The first-order valence-corrected chi connectivity index (χ1v) is 11.9. The van der Waals surface area contributed by atoms with Crippen molar-refractivity contribution in [1.82, 2.24) is 9.62 Å². The van der Waals surface area contributed by atoms with Crippen LogP contribution in [0.3, 0.4) is 0 Å². The Morgan fingerprint density at radius 3 is 2.48 bits per heavy atom. The monoisotopic (exact) mass is 446 g/mol. The van der Waals surface area contributed by atoms with Crippen molar-refractivity contribution >= 4 is 15.9 Å². The second-order valence-electron chi connectivity index (χ2n) is 7.71. The van der Waals surface area contributed by atoms with Gasteiger partial charge in [-0.3, -0.25) is 4.79 Å². The van der Waals surface area contributed by atoms with Gasteiger partial charge in [0.15, 0.2) is 6.61 Å². The highest BCUT2D eigenvalue weighted by Gasteiger charge is 2.26. The van der Waals surface area contributed by atoms with E-state index < -0.39 is 10.0 Å². The zero-order valence-corrected chi connectivity index (χ0v) is 19.1. The van der Waals surface area contributed by atoms with Crippen molar-refractivity contribution < 1.29 is 22.7 Å². The lowest BCUT2D eigenvalue weighted by Gasteiger charge is -2.26. The van der Waals surface area contributed by atoms with Gasteiger partial charge in [0.1, 0.15) is 11.5 Å². The fourth-order valence-corrected chi connectivity index (χ4v) is 5.33. The summed E-state index contributed by atoms with van der Waals surface area (Å²) >= 11 is 0. The molecule has 1 fully saturated rings. The van der Waals surface area contributed by atoms with Crippen LogP contribution in [-0.4, -0.2) is 45.4 Å². The van der Waals surface area contributed by atoms with Crippen molar-refractivity contribution in [3.63, 3.8) is 0 Å². The molecule has 0 spiro atoms. The first kappa shape index (κ1) is 23.1. The predicted molar refractivity (Wildman–Crippen MR) is 119 cm³/mol. The first-order chi connectivity index (χ1) is 14.8. The summed E-state index contributed by atoms with van der Waals surface area (Å²) in [6.45, 7) is 4.61. The Balaban J connectivity index is 1.61. The number of amides is 1. The molecule has 2 aromatic carbocycles. The molecule has 1 unspecified atom stereocenters. The quantitative estimate of drug-likeness (QED) is 0.672. The number of ether oxygens (including phenoxy) is 2. The van der Waals surface area contributed by atoms with Crippen LogP contribution in [0.5, 0.6) is 11.5 Å². The average molecular weight is 447 g/mol. The molecule has 0 saturated carbocycles. The third-order valence-electron chi connectivity index (χ3n) is 5.44. The van der Waals surface area contributed by atoms with Crippen LogP contribution in [0.25, 0.3) is 0 Å². The first-order valence-electron chi connectivity index (χ1n) is 10.5. The fraction of sp³-hybridized carbons (Fsp3) is 0.435. The van der Waals surface area contributed by atoms with Gasteiger partial charge in [0.2, 0.25) is 10.0 Å². The van der Waals surface area contributed by atoms with Crippen LogP contribution in [0, 0.1) is 6.92 Å². The maximum absolute atomic E-state index is 12.8. The highest BCUT2D eigenvalue weighted by molar-refractivity contribution is 7.89. The van der Waals surface area contributed by atoms with Gasteiger partial charge in [-0.25, -0.2) is 8.42 Å². The lowest BCUT2D eigenvalue weighted by molar-refractivity contribution is -0.123. The molecule has 0 bridgehead atoms. The molecule has 1 heterocycles. The molecule has 8 heteroatoms. The van der Waals surface area contributed by atoms with Crippen LogP contribution in [0.2, 0.25) is 0 Å². The predicted octanol–water partition coefficient (Wildman–Crippen LogP) is 3.43. The minimum atomic E-state index is -3.50. The minimum absolute atomic E-state index is 0.168. The van der Waals surface area contributed by atoms with E-state index in [9.17, 15) is 13.2 Å². The van der Waals surface area contributed by atoms with E-state index in [1.165, 1.54) is 0 Å². The molecule has 1 N–H and O–H groups in total. The Morgan fingerprint density at radius 2 is 1.81 bits per heavy atom. The molecule has 0 radical (unpaired) electrons. The Labute approximate surface area is 184 Å². The average Bonchev–Trinajstić information content (AvgIpc) is 2.78. The number of methoxy groups -OCH3 is 1. The van der Waals surface area contributed by atoms with Gasteiger partial charge in [0.25, 0.3) is 5.91 Å². The second-order valence-corrected chi connectivity index (χ2v) is 9.65. The summed E-state index contributed by atoms with van der Waals surface area (Å²) in [6.07, 6.45) is 2.85. The zero-order chi connectivity index (χ0) is 22.4. The van der Waals surface area contributed by atoms with E-state index in [0.29, 0.717) is 30.2 Å². The molecule has 1 atom stereocenters. The summed E-state index contributed by atoms with van der Waals surface area (Å²) in [6, 6.07) is 12.0. The van der Waals surface area contributed by atoms with Crippen LogP contribution in [0.15, 0.2) is 47.4 Å². The number of rotatable bonds is 8. The fourth-order valence-electron chi connectivity index (χ4n) is 3.73. The Kier molecular flexibility index (Phi) is 7.56. The standard InChI is InChI=1S/C23H30N2O5S/c1-17-15-19(31(27,28)25-13-7-4-8-14-25)11-12-21(17)30-16-23(26)24-18(2)20-9-5-6-10-22(20)29-3/h5-6,9-12,15,18H,4,7-8,13-14,16H2,1-3H3,(H,24,26). The number of piperidine rings is 1. The van der Waals surface area contributed by atoms with Crippen LogP contribution in [0.1, 0.15) is 43.4 Å². The Bertz CT molecular complexity index is 1020. The van der Waals surface area contributed by atoms with E-state index in [1.807, 2.05) is 31.2 Å². The van der Waals surface area contributed by atoms with Crippen LogP contribution in [0.4, 0.5) is 0 Å². The topological polar surface area (TPSA) is 84.9 Å². The van der Waals surface area contributed by atoms with Gasteiger partial charge in [-0.1, -0.05) is 24.6 Å². The number of aryl methyl sites for hydroxylation is 1. The largest absolute Gasteiger partial charge is 0.496 e. The van der Waals surface area contributed by atoms with E-state index >= 15 is 0 Å². The lowest BCUT2D eigenvalue weighted by Crippen LogP contribution is -2.35. The van der Waals surface area contributed by atoms with Gasteiger partial charge in [-0.05, 0) is 56.5 Å². The van der Waals surface area contributed by atoms with Crippen molar-refractivity contribution in [2.45, 2.75) is 44.0 Å². The molecule has 1 aliphatic rings. The second kappa shape index (κ2) is 10.2. The molecule has 1 amide bonds. The van der Waals surface area contributed by atoms with Crippen molar-refractivity contribution in [3.05, 3.63) is 53.6 Å². The zero-order valence-electron chi connectivity index (χ0n) is 18.3. The van der Waals surface area contributed by atoms with Crippen molar-refractivity contribution in [1.29, 1.82) is 0 Å². The van der Waals surface area contributed by atoms with E-state index in [0.717, 1.165) is 24.8 Å². The molecule has 1 aliphatic heterocycles. The van der Waals surface area contributed by atoms with Crippen molar-refractivity contribution in [2.24, 2.45) is 0 Å². The molecule has 2 aromatic rings. The molecular weight excluding hydrogens is 416 g/mol. The van der Waals surface area contributed by atoms with Gasteiger partial charge < -0.3 is 14.8 Å². The third-order valence-corrected chi connectivity index (χ3v) is 7.34. The number of carbonyl (C=O) groups is 1. The molecule has 0 aliphatic carbocycles. The van der Waals surface area contributed by atoms with Gasteiger partial charge in [-0.15, -0.1) is 0 Å². The number of hydrogen-bond donors (Lipinski definition) is 1. The summed E-state index contributed by atoms with van der Waals surface area (Å²) in [7, 11) is -1.91. The van der Waals surface area contributed by atoms with E-state index in [2.05, 4.69) is 5.32 Å². The Hall–Kier alpha value is -2.58. The molecule has 3 rings (SSSR count). The molecule has 0 aromatic heterocycles. The summed E-state index contributed by atoms with van der Waals surface area (Å²) in [4.78, 5) is 12.6. The Morgan fingerprint density at radius 1 is 1.10 bits per heavy atom. The van der Waals surface area contributed by atoms with Gasteiger partial charge in [0.05, 0.1) is 18.0 Å². The number of nitrogens with one attached hydrogen (secondary N) is 1. The van der Waals surface area contributed by atoms with E-state index in [1.54, 1.807) is 36.5 Å². The number of carbonyl (C=O) groups excluding carboxylic acids is 1. The maximum atomic E-state index is 12.8. The van der Waals surface area contributed by atoms with Crippen molar-refractivity contribution in [2.75, 3.05) is 26.8 Å². The molecule has 7 nitrogen and oxygen atoms in total. The lowest BCUT2D eigenvalue weighted by atomic mass is 10.1. The highest BCUT2D eigenvalue weighted by Crippen LogP contribution is 2.26. The number of sulfonamides is 1. The molecular formula is C23H30N2O5S. The number of benzene rings is 2. The summed E-state index contributed by atoms with van der Waals surface area (Å²) in [5.74, 6) is 0.915. The SMILES string of the molecule is COc1ccccc1C(C)NC(=O)COc1ccc(S(=O)(=O)N2CCCCC2)cc1C. The summed E-state index contributed by atoms with van der Waals surface area (Å²) < 4.78 is 38.2. The van der Waals surface area contributed by atoms with Crippen molar-refractivity contribution in [3.8, 4) is 11.5 Å². The summed E-state index contributed by atoms with van der Waals surface area (Å²) in [5.41, 5.74) is 1.55. The van der Waals surface area contributed by atoms with Crippen LogP contribution >= 0.6 is 0 Å². The van der Waals surface area contributed by atoms with Gasteiger partial charge in [0, 0.05) is 18.7 Å². The minimum Gasteiger partial charge on any atom is -0.496 e. The smallest absolute Gasteiger partial charge is 0.258 e. The molecule has 1 saturated heterocycles. The molecule has 168 valence electrons. The number of nitrogens with zero attached hydrogens (tertiary/aromatic N) is 1. The van der Waals surface area contributed by atoms with E-state index in [-0.39, 0.29) is 23.5 Å². The maximum Gasteiger partial charge on any atom is 0.258 e. The van der Waals surface area contributed by atoms with Crippen LogP contribution < -0.4 is 14.8 Å². The van der Waals surface area contributed by atoms with Gasteiger partial charge in [-0.2, -0.15) is 4.31 Å². The van der Waals surface area contributed by atoms with Gasteiger partial charge >= 0.3 is 0 Å². The normalized spacial score (nSPS) is 15.8. The van der Waals surface area contributed by atoms with Crippen LogP contribution in [-0.2, 0) is 14.8 Å². The third kappa shape index (κ3) is 5.57. The summed E-state index contributed by atoms with van der Waals surface area (Å²) in [5, 5.41) is 2.89. The van der Waals surface area contributed by atoms with E-state index in [4.69, 9.17) is 9.47 Å². The number of hydrogen-bond acceptors (Lipinski definition) is 5. The number of para-hydroxylation sites is 1. The highest BCUT2D eigenvalue weighted by atomic mass is 32.2.